The second kappa shape index (κ2) is 17.3. The van der Waals surface area contributed by atoms with Crippen molar-refractivity contribution < 1.29 is 0 Å². The van der Waals surface area contributed by atoms with Crippen LogP contribution in [0, 0.1) is 66.7 Å². The van der Waals surface area contributed by atoms with Crippen molar-refractivity contribution in [2.24, 2.45) is 0 Å². The first-order valence-electron chi connectivity index (χ1n) is 24.9. The van der Waals surface area contributed by atoms with Gasteiger partial charge in [0.05, 0.1) is 57.5 Å². The summed E-state index contributed by atoms with van der Waals surface area (Å²) in [6, 6.07) is 65.1. The summed E-state index contributed by atoms with van der Waals surface area (Å²) in [5, 5.41) is 15.6. The molecule has 346 valence electrons. The second-order valence-corrected chi connectivity index (χ2v) is 20.1. The zero-order chi connectivity index (χ0) is 49.5. The van der Waals surface area contributed by atoms with Gasteiger partial charge in [-0.05, 0) is 152 Å². The molecule has 4 nitrogen and oxygen atoms in total. The molecule has 0 aliphatic heterocycles. The first kappa shape index (κ1) is 44.4. The molecule has 0 bridgehead atoms. The standard InChI is InChI=1S/C68H54N4/c1-40-13-21-53(44(5)29-40)48-17-25-58-59-26-18-49(54-22-14-41(2)30-45(54)6)34-63(59)71(62(58)33-48)66-38-70-39-67(68(66)57-12-10-9-11-52(57)37-69)72-64-35-50(55-23-15-42(3)31-46(55)7)19-27-60(64)61-28-20-51(36-65(61)72)56-24-16-43(4)32-47(56)8/h9-36,38-39H,1-8H3. The van der Waals surface area contributed by atoms with Crippen LogP contribution >= 0.6 is 0 Å². The van der Waals surface area contributed by atoms with Crippen LogP contribution in [0.4, 0.5) is 0 Å². The minimum absolute atomic E-state index is 0.589. The van der Waals surface area contributed by atoms with E-state index in [0.717, 1.165) is 88.4 Å². The molecular formula is C68H54N4. The average molecular weight is 927 g/mol. The summed E-state index contributed by atoms with van der Waals surface area (Å²) < 4.78 is 4.83. The van der Waals surface area contributed by atoms with Crippen LogP contribution in [0.2, 0.25) is 0 Å². The molecule has 72 heavy (non-hydrogen) atoms. The number of hydrogen-bond donors (Lipinski definition) is 0. The van der Waals surface area contributed by atoms with Crippen LogP contribution in [0.25, 0.3) is 111 Å². The molecule has 9 aromatic carbocycles. The second-order valence-electron chi connectivity index (χ2n) is 20.1. The van der Waals surface area contributed by atoms with E-state index >= 15 is 0 Å². The average Bonchev–Trinajstić information content (AvgIpc) is 3.87. The van der Waals surface area contributed by atoms with E-state index in [1.165, 1.54) is 66.8 Å². The highest BCUT2D eigenvalue weighted by molar-refractivity contribution is 6.14. The molecule has 0 aliphatic carbocycles. The van der Waals surface area contributed by atoms with Crippen LogP contribution in [-0.2, 0) is 0 Å². The Hall–Kier alpha value is -8.78. The summed E-state index contributed by atoms with van der Waals surface area (Å²) in [6.07, 6.45) is 4.02. The minimum Gasteiger partial charge on any atom is -0.307 e. The lowest BCUT2D eigenvalue weighted by molar-refractivity contribution is 1.09. The summed E-state index contributed by atoms with van der Waals surface area (Å²) in [6.45, 7) is 17.4. The number of nitrogens with zero attached hydrogens (tertiary/aromatic N) is 4. The molecule has 0 aliphatic rings. The fourth-order valence-electron chi connectivity index (χ4n) is 11.6. The van der Waals surface area contributed by atoms with Gasteiger partial charge in [0.2, 0.25) is 0 Å². The topological polar surface area (TPSA) is 46.5 Å². The number of fused-ring (bicyclic) bond motifs is 6. The van der Waals surface area contributed by atoms with Crippen LogP contribution in [0.3, 0.4) is 0 Å². The van der Waals surface area contributed by atoms with Gasteiger partial charge in [-0.1, -0.05) is 162 Å². The fourth-order valence-corrected chi connectivity index (χ4v) is 11.6. The van der Waals surface area contributed by atoms with Gasteiger partial charge in [-0.2, -0.15) is 5.26 Å². The van der Waals surface area contributed by atoms with Crippen LogP contribution < -0.4 is 0 Å². The van der Waals surface area contributed by atoms with E-state index in [9.17, 15) is 5.26 Å². The Balaban J connectivity index is 1.23. The van der Waals surface area contributed by atoms with Gasteiger partial charge in [0, 0.05) is 32.7 Å². The van der Waals surface area contributed by atoms with Gasteiger partial charge in [0.1, 0.15) is 0 Å². The van der Waals surface area contributed by atoms with Gasteiger partial charge in [0.15, 0.2) is 0 Å². The maximum atomic E-state index is 11.1. The molecule has 0 N–H and O–H groups in total. The lowest BCUT2D eigenvalue weighted by atomic mass is 9.96. The van der Waals surface area contributed by atoms with Crippen molar-refractivity contribution in [3.63, 3.8) is 0 Å². The normalized spacial score (nSPS) is 11.6. The van der Waals surface area contributed by atoms with Gasteiger partial charge in [-0.25, -0.2) is 0 Å². The largest absolute Gasteiger partial charge is 0.307 e. The Bertz CT molecular complexity index is 3800. The number of aryl methyl sites for hydroxylation is 8. The number of benzene rings is 9. The Morgan fingerprint density at radius 1 is 0.347 bits per heavy atom. The molecular weight excluding hydrogens is 873 g/mol. The molecule has 12 rings (SSSR count). The third-order valence-corrected chi connectivity index (χ3v) is 15.0. The van der Waals surface area contributed by atoms with E-state index in [2.05, 4.69) is 228 Å². The van der Waals surface area contributed by atoms with Crippen LogP contribution in [0.1, 0.15) is 50.1 Å². The van der Waals surface area contributed by atoms with Crippen molar-refractivity contribution >= 4 is 43.6 Å². The molecule has 0 atom stereocenters. The maximum Gasteiger partial charge on any atom is 0.0998 e. The molecule has 0 radical (unpaired) electrons. The summed E-state index contributed by atoms with van der Waals surface area (Å²) >= 11 is 0. The number of pyridine rings is 1. The molecule has 0 saturated carbocycles. The van der Waals surface area contributed by atoms with Crippen molar-refractivity contribution in [1.82, 2.24) is 14.1 Å². The van der Waals surface area contributed by atoms with Crippen molar-refractivity contribution in [1.29, 1.82) is 5.26 Å². The summed E-state index contributed by atoms with van der Waals surface area (Å²) in [4.78, 5) is 5.26. The van der Waals surface area contributed by atoms with E-state index in [4.69, 9.17) is 4.98 Å². The molecule has 0 fully saturated rings. The monoisotopic (exact) mass is 926 g/mol. The minimum atomic E-state index is 0.589. The summed E-state index contributed by atoms with van der Waals surface area (Å²) in [7, 11) is 0. The first-order chi connectivity index (χ1) is 34.9. The Kier molecular flexibility index (Phi) is 10.7. The molecule has 3 aromatic heterocycles. The fraction of sp³-hybridized carbons (Fsp3) is 0.118. The smallest absolute Gasteiger partial charge is 0.0998 e. The number of hydrogen-bond acceptors (Lipinski definition) is 2. The van der Waals surface area contributed by atoms with Crippen LogP contribution in [0.15, 0.2) is 182 Å². The molecule has 4 heteroatoms. The summed E-state index contributed by atoms with van der Waals surface area (Å²) in [5.41, 5.74) is 27.6. The predicted octanol–water partition coefficient (Wildman–Crippen LogP) is 17.9. The molecule has 0 unspecified atom stereocenters. The third-order valence-electron chi connectivity index (χ3n) is 15.0. The van der Waals surface area contributed by atoms with Gasteiger partial charge < -0.3 is 9.13 Å². The zero-order valence-electron chi connectivity index (χ0n) is 42.1. The molecule has 12 aromatic rings. The Labute approximate surface area is 421 Å². The van der Waals surface area contributed by atoms with Crippen molar-refractivity contribution in [3.05, 3.63) is 232 Å². The van der Waals surface area contributed by atoms with Crippen LogP contribution in [-0.4, -0.2) is 14.1 Å². The number of aromatic nitrogens is 3. The first-order valence-corrected chi connectivity index (χ1v) is 24.9. The third kappa shape index (κ3) is 7.31. The van der Waals surface area contributed by atoms with E-state index in [-0.39, 0.29) is 0 Å². The lowest BCUT2D eigenvalue weighted by Gasteiger charge is -2.21. The highest BCUT2D eigenvalue weighted by Gasteiger charge is 2.25. The number of rotatable bonds is 7. The lowest BCUT2D eigenvalue weighted by Crippen LogP contribution is -2.06. The van der Waals surface area contributed by atoms with Crippen LogP contribution in [0.5, 0.6) is 0 Å². The van der Waals surface area contributed by atoms with E-state index in [1.54, 1.807) is 0 Å². The highest BCUT2D eigenvalue weighted by atomic mass is 15.0. The Morgan fingerprint density at radius 3 is 0.972 bits per heavy atom. The van der Waals surface area contributed by atoms with Gasteiger partial charge in [-0.15, -0.1) is 0 Å². The van der Waals surface area contributed by atoms with E-state index in [0.29, 0.717) is 5.56 Å². The highest BCUT2D eigenvalue weighted by Crippen LogP contribution is 2.45. The summed E-state index contributed by atoms with van der Waals surface area (Å²) in [5.74, 6) is 0. The predicted molar refractivity (Wildman–Crippen MR) is 303 cm³/mol. The van der Waals surface area contributed by atoms with Gasteiger partial charge in [-0.3, -0.25) is 4.98 Å². The van der Waals surface area contributed by atoms with E-state index in [1.807, 2.05) is 24.5 Å². The maximum absolute atomic E-state index is 11.1. The van der Waals surface area contributed by atoms with Gasteiger partial charge in [0.25, 0.3) is 0 Å². The zero-order valence-corrected chi connectivity index (χ0v) is 42.1. The SMILES string of the molecule is Cc1ccc(-c2ccc3c4ccc(-c5ccc(C)cc5C)cc4n(-c4cncc(-n5c6cc(-c7ccc(C)cc7C)ccc6c6ccc(-c7ccc(C)cc7C)cc65)c4-c4ccccc4C#N)c3c2)c(C)c1. The molecule has 0 amide bonds. The van der Waals surface area contributed by atoms with E-state index < -0.39 is 0 Å². The molecule has 3 heterocycles. The quantitative estimate of drug-likeness (QED) is 0.160. The van der Waals surface area contributed by atoms with Crippen molar-refractivity contribution in [2.45, 2.75) is 55.4 Å². The number of nitriles is 1. The van der Waals surface area contributed by atoms with Crippen molar-refractivity contribution in [3.8, 4) is 73.1 Å². The Morgan fingerprint density at radius 2 is 0.667 bits per heavy atom. The van der Waals surface area contributed by atoms with Gasteiger partial charge >= 0.3 is 0 Å². The van der Waals surface area contributed by atoms with Crippen molar-refractivity contribution in [2.75, 3.05) is 0 Å². The molecule has 0 saturated heterocycles. The molecule has 0 spiro atoms.